The maximum Gasteiger partial charge on any atom is 0.220 e. The molecule has 4 nitrogen and oxygen atoms in total. The molecule has 1 aromatic heterocycles. The van der Waals surface area contributed by atoms with Crippen LogP contribution in [-0.4, -0.2) is 22.4 Å². The second-order valence-electron chi connectivity index (χ2n) is 6.77. The maximum atomic E-state index is 11.9. The van der Waals surface area contributed by atoms with E-state index in [0.717, 1.165) is 23.3 Å². The number of fused-ring (bicyclic) bond motifs is 1. The molecule has 1 aromatic carbocycles. The van der Waals surface area contributed by atoms with Gasteiger partial charge in [-0.15, -0.1) is 0 Å². The van der Waals surface area contributed by atoms with Crippen molar-refractivity contribution in [3.63, 3.8) is 0 Å². The summed E-state index contributed by atoms with van der Waals surface area (Å²) >= 11 is 0. The lowest BCUT2D eigenvalue weighted by molar-refractivity contribution is -0.122. The monoisotopic (exact) mass is 287 g/mol. The Kier molecular flexibility index (Phi) is 4.66. The predicted octanol–water partition coefficient (Wildman–Crippen LogP) is 3.29. The van der Waals surface area contributed by atoms with Gasteiger partial charge in [0.05, 0.1) is 11.0 Å². The minimum absolute atomic E-state index is 0.119. The molecule has 4 heteroatoms. The number of H-pyrrole nitrogens is 1. The van der Waals surface area contributed by atoms with E-state index in [0.29, 0.717) is 18.9 Å². The van der Waals surface area contributed by atoms with Crippen LogP contribution in [0.15, 0.2) is 24.3 Å². The molecule has 0 fully saturated rings. The van der Waals surface area contributed by atoms with E-state index >= 15 is 0 Å². The largest absolute Gasteiger partial charge is 0.356 e. The molecule has 0 bridgehead atoms. The Bertz CT molecular complexity index is 577. The van der Waals surface area contributed by atoms with Crippen molar-refractivity contribution < 1.29 is 4.79 Å². The highest BCUT2D eigenvalue weighted by molar-refractivity contribution is 5.76. The number of imidazole rings is 1. The first-order chi connectivity index (χ1) is 9.86. The number of nitrogens with zero attached hydrogens (tertiary/aromatic N) is 1. The highest BCUT2D eigenvalue weighted by atomic mass is 16.1. The van der Waals surface area contributed by atoms with Crippen LogP contribution in [-0.2, 0) is 11.2 Å². The van der Waals surface area contributed by atoms with Gasteiger partial charge in [0.1, 0.15) is 5.82 Å². The average molecular weight is 287 g/mol. The molecule has 1 amide bonds. The quantitative estimate of drug-likeness (QED) is 0.886. The van der Waals surface area contributed by atoms with E-state index in [4.69, 9.17) is 0 Å². The summed E-state index contributed by atoms with van der Waals surface area (Å²) in [6, 6.07) is 7.96. The van der Waals surface area contributed by atoms with E-state index < -0.39 is 0 Å². The lowest BCUT2D eigenvalue weighted by atomic mass is 9.80. The van der Waals surface area contributed by atoms with Gasteiger partial charge in [0.2, 0.25) is 5.91 Å². The second kappa shape index (κ2) is 6.29. The van der Waals surface area contributed by atoms with Gasteiger partial charge < -0.3 is 10.3 Å². The minimum Gasteiger partial charge on any atom is -0.356 e. The molecule has 2 aromatic rings. The van der Waals surface area contributed by atoms with Crippen molar-refractivity contribution in [2.24, 2.45) is 11.3 Å². The summed E-state index contributed by atoms with van der Waals surface area (Å²) in [5, 5.41) is 2.98. The number of para-hydroxylation sites is 2. The van der Waals surface area contributed by atoms with E-state index in [-0.39, 0.29) is 11.3 Å². The fourth-order valence-electron chi connectivity index (χ4n) is 2.10. The predicted molar refractivity (Wildman–Crippen MR) is 86.0 cm³/mol. The number of hydrogen-bond donors (Lipinski definition) is 2. The molecule has 0 saturated carbocycles. The summed E-state index contributed by atoms with van der Waals surface area (Å²) in [4.78, 5) is 19.7. The smallest absolute Gasteiger partial charge is 0.220 e. The van der Waals surface area contributed by atoms with Gasteiger partial charge in [-0.3, -0.25) is 4.79 Å². The minimum atomic E-state index is 0.119. The molecule has 1 heterocycles. The third-order valence-electron chi connectivity index (χ3n) is 4.09. The van der Waals surface area contributed by atoms with E-state index in [2.05, 4.69) is 43.0 Å². The molecule has 114 valence electrons. The summed E-state index contributed by atoms with van der Waals surface area (Å²) in [7, 11) is 0. The topological polar surface area (TPSA) is 57.8 Å². The lowest BCUT2D eigenvalue weighted by Gasteiger charge is -2.26. The van der Waals surface area contributed by atoms with Gasteiger partial charge >= 0.3 is 0 Å². The Morgan fingerprint density at radius 2 is 2.05 bits per heavy atom. The van der Waals surface area contributed by atoms with Crippen molar-refractivity contribution in [3.8, 4) is 0 Å². The number of amides is 1. The Hall–Kier alpha value is -1.84. The molecule has 1 atom stereocenters. The van der Waals surface area contributed by atoms with Crippen molar-refractivity contribution >= 4 is 16.9 Å². The van der Waals surface area contributed by atoms with Gasteiger partial charge in [0.25, 0.3) is 0 Å². The van der Waals surface area contributed by atoms with Crippen LogP contribution >= 0.6 is 0 Å². The maximum absolute atomic E-state index is 11.9. The van der Waals surface area contributed by atoms with E-state index in [1.807, 2.05) is 24.3 Å². The molecule has 0 aliphatic carbocycles. The Balaban J connectivity index is 1.80. The van der Waals surface area contributed by atoms with Crippen LogP contribution in [0.25, 0.3) is 11.0 Å². The average Bonchev–Trinajstić information content (AvgIpc) is 2.80. The zero-order valence-electron chi connectivity index (χ0n) is 13.4. The Morgan fingerprint density at radius 1 is 1.33 bits per heavy atom. The Labute approximate surface area is 126 Å². The number of rotatable bonds is 5. The molecular formula is C17H25N3O. The van der Waals surface area contributed by atoms with Crippen molar-refractivity contribution in [1.82, 2.24) is 15.3 Å². The zero-order valence-corrected chi connectivity index (χ0v) is 13.4. The van der Waals surface area contributed by atoms with Gasteiger partial charge in [0.15, 0.2) is 0 Å². The number of hydrogen-bond acceptors (Lipinski definition) is 2. The highest BCUT2D eigenvalue weighted by Gasteiger charge is 2.22. The standard InChI is InChI=1S/C17H25N3O/c1-12(17(2,3)4)11-16(21)18-10-9-15-19-13-7-5-6-8-14(13)20-15/h5-8,12H,9-11H2,1-4H3,(H,18,21)(H,19,20). The molecule has 21 heavy (non-hydrogen) atoms. The van der Waals surface area contributed by atoms with Crippen LogP contribution in [0, 0.1) is 11.3 Å². The summed E-state index contributed by atoms with van der Waals surface area (Å²) in [5.74, 6) is 1.40. The molecule has 0 aliphatic rings. The first kappa shape index (κ1) is 15.5. The number of carbonyl (C=O) groups is 1. The third kappa shape index (κ3) is 4.31. The van der Waals surface area contributed by atoms with Crippen molar-refractivity contribution in [2.45, 2.75) is 40.5 Å². The number of aromatic amines is 1. The fourth-order valence-corrected chi connectivity index (χ4v) is 2.10. The number of carbonyl (C=O) groups excluding carboxylic acids is 1. The normalized spacial score (nSPS) is 13.3. The lowest BCUT2D eigenvalue weighted by Crippen LogP contribution is -2.30. The number of nitrogens with one attached hydrogen (secondary N) is 2. The summed E-state index contributed by atoms with van der Waals surface area (Å²) < 4.78 is 0. The first-order valence-corrected chi connectivity index (χ1v) is 7.56. The van der Waals surface area contributed by atoms with E-state index in [9.17, 15) is 4.79 Å². The van der Waals surface area contributed by atoms with Crippen molar-refractivity contribution in [2.75, 3.05) is 6.54 Å². The summed E-state index contributed by atoms with van der Waals surface area (Å²) in [5.41, 5.74) is 2.18. The van der Waals surface area contributed by atoms with Gasteiger partial charge in [-0.25, -0.2) is 4.98 Å². The van der Waals surface area contributed by atoms with Crippen LogP contribution in [0.1, 0.15) is 39.9 Å². The molecule has 0 spiro atoms. The SMILES string of the molecule is CC(CC(=O)NCCc1nc2ccccc2[nH]1)C(C)(C)C. The second-order valence-corrected chi connectivity index (χ2v) is 6.77. The molecule has 0 saturated heterocycles. The van der Waals surface area contributed by atoms with Crippen LogP contribution in [0.2, 0.25) is 0 Å². The van der Waals surface area contributed by atoms with Crippen LogP contribution < -0.4 is 5.32 Å². The third-order valence-corrected chi connectivity index (χ3v) is 4.09. The fraction of sp³-hybridized carbons (Fsp3) is 0.529. The van der Waals surface area contributed by atoms with Crippen LogP contribution in [0.3, 0.4) is 0 Å². The molecule has 2 N–H and O–H groups in total. The van der Waals surface area contributed by atoms with E-state index in [1.54, 1.807) is 0 Å². The first-order valence-electron chi connectivity index (χ1n) is 7.56. The van der Waals surface area contributed by atoms with Crippen molar-refractivity contribution in [1.29, 1.82) is 0 Å². The van der Waals surface area contributed by atoms with Gasteiger partial charge in [-0.1, -0.05) is 39.8 Å². The highest BCUT2D eigenvalue weighted by Crippen LogP contribution is 2.27. The van der Waals surface area contributed by atoms with Gasteiger partial charge in [-0.2, -0.15) is 0 Å². The molecule has 0 aliphatic heterocycles. The molecular weight excluding hydrogens is 262 g/mol. The van der Waals surface area contributed by atoms with Gasteiger partial charge in [-0.05, 0) is 23.5 Å². The number of aromatic nitrogens is 2. The van der Waals surface area contributed by atoms with Crippen LogP contribution in [0.5, 0.6) is 0 Å². The van der Waals surface area contributed by atoms with Crippen LogP contribution in [0.4, 0.5) is 0 Å². The Morgan fingerprint density at radius 3 is 2.71 bits per heavy atom. The molecule has 0 radical (unpaired) electrons. The van der Waals surface area contributed by atoms with Crippen molar-refractivity contribution in [3.05, 3.63) is 30.1 Å². The number of benzene rings is 1. The molecule has 1 unspecified atom stereocenters. The summed E-state index contributed by atoms with van der Waals surface area (Å²) in [6.45, 7) is 9.24. The van der Waals surface area contributed by atoms with E-state index in [1.165, 1.54) is 0 Å². The molecule has 2 rings (SSSR count). The summed E-state index contributed by atoms with van der Waals surface area (Å²) in [6.07, 6.45) is 1.30. The van der Waals surface area contributed by atoms with Gasteiger partial charge in [0, 0.05) is 19.4 Å². The zero-order chi connectivity index (χ0) is 15.5.